The van der Waals surface area contributed by atoms with Crippen molar-refractivity contribution in [3.8, 4) is 0 Å². The van der Waals surface area contributed by atoms with E-state index in [-0.39, 0.29) is 5.91 Å². The third-order valence-corrected chi connectivity index (χ3v) is 3.08. The topological polar surface area (TPSA) is 86.8 Å². The maximum Gasteiger partial charge on any atom is 0.234 e. The summed E-state index contributed by atoms with van der Waals surface area (Å²) in [6.07, 6.45) is 5.14. The average molecular weight is 264 g/mol. The molecule has 7 heteroatoms. The third-order valence-electron chi connectivity index (χ3n) is 3.08. The molecule has 2 N–H and O–H groups in total. The van der Waals surface area contributed by atoms with Gasteiger partial charge >= 0.3 is 0 Å². The van der Waals surface area contributed by atoms with Crippen LogP contribution in [-0.2, 0) is 4.79 Å². The zero-order valence-electron chi connectivity index (χ0n) is 11.2. The van der Waals surface area contributed by atoms with Gasteiger partial charge in [0, 0.05) is 25.2 Å². The molecule has 0 radical (unpaired) electrons. The van der Waals surface area contributed by atoms with E-state index in [9.17, 15) is 4.79 Å². The van der Waals surface area contributed by atoms with Crippen LogP contribution in [0.1, 0.15) is 32.0 Å². The summed E-state index contributed by atoms with van der Waals surface area (Å²) in [6, 6.07) is 0. The second kappa shape index (κ2) is 6.98. The number of nitrogens with zero attached hydrogens (tertiary/aromatic N) is 4. The fourth-order valence-electron chi connectivity index (χ4n) is 2.06. The number of amides is 1. The van der Waals surface area contributed by atoms with E-state index in [0.29, 0.717) is 18.9 Å². The standard InChI is InChI=1S/C12H20N6O/c1-2-3-6-13-11(19)9-18-7-4-5-10(8-18)12-14-16-17-15-12/h5H,2-4,6-9H2,1H3,(H,13,19)(H,14,15,16,17). The third kappa shape index (κ3) is 4.13. The van der Waals surface area contributed by atoms with Gasteiger partial charge in [0.15, 0.2) is 0 Å². The number of aromatic amines is 1. The van der Waals surface area contributed by atoms with Crippen LogP contribution < -0.4 is 5.32 Å². The maximum atomic E-state index is 11.8. The number of unbranched alkanes of at least 4 members (excludes halogenated alkanes) is 1. The molecule has 104 valence electrons. The van der Waals surface area contributed by atoms with E-state index in [1.165, 1.54) is 0 Å². The molecular weight excluding hydrogens is 244 g/mol. The van der Waals surface area contributed by atoms with Crippen LogP contribution in [0.4, 0.5) is 0 Å². The van der Waals surface area contributed by atoms with Crippen molar-refractivity contribution in [3.63, 3.8) is 0 Å². The molecule has 0 saturated heterocycles. The first-order chi connectivity index (χ1) is 9.29. The quantitative estimate of drug-likeness (QED) is 0.717. The van der Waals surface area contributed by atoms with Gasteiger partial charge in [0.2, 0.25) is 11.7 Å². The molecule has 0 aliphatic carbocycles. The molecule has 0 bridgehead atoms. The fraction of sp³-hybridized carbons (Fsp3) is 0.667. The molecule has 2 rings (SSSR count). The van der Waals surface area contributed by atoms with Gasteiger partial charge in [0.25, 0.3) is 0 Å². The molecule has 0 saturated carbocycles. The second-order valence-corrected chi connectivity index (χ2v) is 4.67. The van der Waals surface area contributed by atoms with Crippen molar-refractivity contribution in [1.29, 1.82) is 0 Å². The smallest absolute Gasteiger partial charge is 0.234 e. The van der Waals surface area contributed by atoms with E-state index < -0.39 is 0 Å². The van der Waals surface area contributed by atoms with Crippen molar-refractivity contribution >= 4 is 11.5 Å². The summed E-state index contributed by atoms with van der Waals surface area (Å²) in [5.74, 6) is 0.707. The van der Waals surface area contributed by atoms with Crippen LogP contribution in [0, 0.1) is 0 Å². The van der Waals surface area contributed by atoms with Crippen molar-refractivity contribution in [3.05, 3.63) is 11.9 Å². The van der Waals surface area contributed by atoms with Gasteiger partial charge in [-0.15, -0.1) is 10.2 Å². The molecule has 1 aromatic heterocycles. The van der Waals surface area contributed by atoms with E-state index in [1.54, 1.807) is 0 Å². The normalized spacial score (nSPS) is 16.2. The highest BCUT2D eigenvalue weighted by atomic mass is 16.2. The van der Waals surface area contributed by atoms with Crippen molar-refractivity contribution in [1.82, 2.24) is 30.8 Å². The highest BCUT2D eigenvalue weighted by Crippen LogP contribution is 2.16. The predicted molar refractivity (Wildman–Crippen MR) is 71.1 cm³/mol. The summed E-state index contributed by atoms with van der Waals surface area (Å²) in [6.45, 7) is 4.89. The fourth-order valence-corrected chi connectivity index (χ4v) is 2.06. The minimum Gasteiger partial charge on any atom is -0.355 e. The van der Waals surface area contributed by atoms with Crippen LogP contribution in [0.15, 0.2) is 6.08 Å². The average Bonchev–Trinajstić information content (AvgIpc) is 2.93. The zero-order chi connectivity index (χ0) is 13.5. The molecule has 0 atom stereocenters. The summed E-state index contributed by atoms with van der Waals surface area (Å²) < 4.78 is 0. The molecule has 19 heavy (non-hydrogen) atoms. The Labute approximate surface area is 112 Å². The van der Waals surface area contributed by atoms with Gasteiger partial charge in [-0.2, -0.15) is 5.21 Å². The van der Waals surface area contributed by atoms with E-state index in [0.717, 1.165) is 37.9 Å². The van der Waals surface area contributed by atoms with Gasteiger partial charge in [0.1, 0.15) is 0 Å². The van der Waals surface area contributed by atoms with Crippen LogP contribution in [0.5, 0.6) is 0 Å². The minimum absolute atomic E-state index is 0.0859. The van der Waals surface area contributed by atoms with Crippen molar-refractivity contribution in [2.24, 2.45) is 0 Å². The Balaban J connectivity index is 1.80. The number of carbonyl (C=O) groups is 1. The Morgan fingerprint density at radius 2 is 2.47 bits per heavy atom. The maximum absolute atomic E-state index is 11.8. The Morgan fingerprint density at radius 1 is 1.58 bits per heavy atom. The molecule has 1 aromatic rings. The summed E-state index contributed by atoms with van der Waals surface area (Å²) in [5, 5.41) is 16.9. The van der Waals surface area contributed by atoms with Crippen molar-refractivity contribution in [2.45, 2.75) is 26.2 Å². The number of hydrogen-bond donors (Lipinski definition) is 2. The number of aromatic nitrogens is 4. The molecule has 7 nitrogen and oxygen atoms in total. The number of hydrogen-bond acceptors (Lipinski definition) is 5. The lowest BCUT2D eigenvalue weighted by Crippen LogP contribution is -2.40. The lowest BCUT2D eigenvalue weighted by atomic mass is 10.1. The van der Waals surface area contributed by atoms with Gasteiger partial charge in [0.05, 0.1) is 6.54 Å². The minimum atomic E-state index is 0.0859. The lowest BCUT2D eigenvalue weighted by Gasteiger charge is -2.25. The monoisotopic (exact) mass is 264 g/mol. The van der Waals surface area contributed by atoms with Gasteiger partial charge in [-0.25, -0.2) is 0 Å². The number of H-pyrrole nitrogens is 1. The first kappa shape index (κ1) is 13.7. The van der Waals surface area contributed by atoms with E-state index in [2.05, 4.69) is 43.8 Å². The lowest BCUT2D eigenvalue weighted by molar-refractivity contribution is -0.122. The van der Waals surface area contributed by atoms with Gasteiger partial charge in [-0.05, 0) is 18.1 Å². The Hall–Kier alpha value is -1.76. The molecule has 1 amide bonds. The van der Waals surface area contributed by atoms with E-state index in [1.807, 2.05) is 0 Å². The molecule has 1 aliphatic heterocycles. The molecule has 0 unspecified atom stereocenters. The number of nitrogens with one attached hydrogen (secondary N) is 2. The highest BCUT2D eigenvalue weighted by Gasteiger charge is 2.18. The molecule has 2 heterocycles. The molecular formula is C12H20N6O. The molecule has 0 aromatic carbocycles. The summed E-state index contributed by atoms with van der Waals surface area (Å²) in [7, 11) is 0. The van der Waals surface area contributed by atoms with Gasteiger partial charge in [-0.1, -0.05) is 19.4 Å². The number of carbonyl (C=O) groups excluding carboxylic acids is 1. The van der Waals surface area contributed by atoms with Crippen LogP contribution in [-0.4, -0.2) is 57.6 Å². The SMILES string of the molecule is CCCCNC(=O)CN1CCC=C(c2nn[nH]n2)C1. The highest BCUT2D eigenvalue weighted by molar-refractivity contribution is 5.78. The van der Waals surface area contributed by atoms with Crippen LogP contribution in [0.3, 0.4) is 0 Å². The van der Waals surface area contributed by atoms with Gasteiger partial charge in [-0.3, -0.25) is 9.69 Å². The zero-order valence-corrected chi connectivity index (χ0v) is 11.2. The summed E-state index contributed by atoms with van der Waals surface area (Å²) in [5.41, 5.74) is 1.03. The second-order valence-electron chi connectivity index (χ2n) is 4.67. The first-order valence-corrected chi connectivity index (χ1v) is 6.71. The van der Waals surface area contributed by atoms with Crippen LogP contribution >= 0.6 is 0 Å². The summed E-state index contributed by atoms with van der Waals surface area (Å²) >= 11 is 0. The number of tetrazole rings is 1. The van der Waals surface area contributed by atoms with E-state index in [4.69, 9.17) is 0 Å². The molecule has 0 spiro atoms. The van der Waals surface area contributed by atoms with Crippen molar-refractivity contribution in [2.75, 3.05) is 26.2 Å². The molecule has 0 fully saturated rings. The predicted octanol–water partition coefficient (Wildman–Crippen LogP) is 0.205. The molecule has 1 aliphatic rings. The Kier molecular flexibility index (Phi) is 5.02. The first-order valence-electron chi connectivity index (χ1n) is 6.71. The number of rotatable bonds is 6. The largest absolute Gasteiger partial charge is 0.355 e. The van der Waals surface area contributed by atoms with Crippen molar-refractivity contribution < 1.29 is 4.79 Å². The van der Waals surface area contributed by atoms with Gasteiger partial charge < -0.3 is 5.32 Å². The Morgan fingerprint density at radius 3 is 3.21 bits per heavy atom. The van der Waals surface area contributed by atoms with Crippen LogP contribution in [0.25, 0.3) is 5.57 Å². The summed E-state index contributed by atoms with van der Waals surface area (Å²) in [4.78, 5) is 13.9. The van der Waals surface area contributed by atoms with Crippen LogP contribution in [0.2, 0.25) is 0 Å². The Bertz CT molecular complexity index is 427. The van der Waals surface area contributed by atoms with E-state index >= 15 is 0 Å².